The van der Waals surface area contributed by atoms with Gasteiger partial charge >= 0.3 is 0 Å². The molecule has 0 radical (unpaired) electrons. The topological polar surface area (TPSA) is 138 Å². The summed E-state index contributed by atoms with van der Waals surface area (Å²) in [5, 5.41) is 14.2. The molecule has 1 aliphatic rings. The largest absolute Gasteiger partial charge is 0.467 e. The van der Waals surface area contributed by atoms with Gasteiger partial charge in [0, 0.05) is 30.4 Å². The van der Waals surface area contributed by atoms with Crippen LogP contribution in [0.4, 0.5) is 10.2 Å². The first kappa shape index (κ1) is 23.6. The van der Waals surface area contributed by atoms with Gasteiger partial charge in [0.05, 0.1) is 29.7 Å². The maximum absolute atomic E-state index is 14.2. The van der Waals surface area contributed by atoms with Crippen LogP contribution in [0.2, 0.25) is 0 Å². The molecule has 0 saturated heterocycles. The second kappa shape index (κ2) is 9.34. The van der Waals surface area contributed by atoms with Gasteiger partial charge in [-0.3, -0.25) is 14.0 Å². The summed E-state index contributed by atoms with van der Waals surface area (Å²) in [4.78, 5) is 26.0. The molecular weight excluding hydrogens is 451 g/mol. The summed E-state index contributed by atoms with van der Waals surface area (Å²) < 4.78 is 23.0. The number of hydrogen-bond donors (Lipinski definition) is 1. The minimum Gasteiger partial charge on any atom is -0.467 e. The fourth-order valence-electron chi connectivity index (χ4n) is 3.93. The predicted molar refractivity (Wildman–Crippen MR) is 127 cm³/mol. The van der Waals surface area contributed by atoms with Crippen molar-refractivity contribution in [1.82, 2.24) is 29.3 Å². The van der Waals surface area contributed by atoms with Crippen molar-refractivity contribution in [2.24, 2.45) is 7.05 Å². The van der Waals surface area contributed by atoms with E-state index in [-0.39, 0.29) is 29.5 Å². The van der Waals surface area contributed by atoms with Gasteiger partial charge in [0.1, 0.15) is 29.5 Å². The van der Waals surface area contributed by atoms with E-state index in [9.17, 15) is 14.4 Å². The summed E-state index contributed by atoms with van der Waals surface area (Å²) in [6, 6.07) is 7.60. The number of nitrogen functional groups attached to an aromatic ring is 1. The Morgan fingerprint density at radius 2 is 2.03 bits per heavy atom. The molecule has 11 heteroatoms. The normalized spacial score (nSPS) is 13.9. The zero-order chi connectivity index (χ0) is 25.3. The van der Waals surface area contributed by atoms with Gasteiger partial charge in [0.25, 0.3) is 11.4 Å². The molecule has 2 N–H and O–H groups in total. The second-order valence-corrected chi connectivity index (χ2v) is 7.54. The van der Waals surface area contributed by atoms with Crippen molar-refractivity contribution in [1.29, 1.82) is 5.26 Å². The minimum atomic E-state index is -0.712. The number of halogens is 1. The molecule has 5 rings (SSSR count). The highest BCUT2D eigenvalue weighted by Crippen LogP contribution is 2.35. The molecule has 178 valence electrons. The molecule has 0 aliphatic carbocycles. The van der Waals surface area contributed by atoms with E-state index in [1.165, 1.54) is 39.8 Å². The second-order valence-electron chi connectivity index (χ2n) is 7.54. The smallest absolute Gasteiger partial charge is 0.258 e. The maximum atomic E-state index is 14.2. The molecule has 10 nitrogen and oxygen atoms in total. The Labute approximate surface area is 200 Å². The minimum absolute atomic E-state index is 0.000302. The van der Waals surface area contributed by atoms with Crippen LogP contribution in [-0.2, 0) is 13.6 Å². The van der Waals surface area contributed by atoms with E-state index in [4.69, 9.17) is 10.5 Å². The molecule has 4 heterocycles. The molecule has 0 saturated carbocycles. The summed E-state index contributed by atoms with van der Waals surface area (Å²) in [6.07, 6.45) is 2.10. The van der Waals surface area contributed by atoms with Gasteiger partial charge in [0.15, 0.2) is 5.82 Å². The fraction of sp³-hybridized carbons (Fsp3) is 0.250. The van der Waals surface area contributed by atoms with Crippen LogP contribution < -0.4 is 16.0 Å². The Morgan fingerprint density at radius 1 is 1.26 bits per heavy atom. The third-order valence-corrected chi connectivity index (χ3v) is 5.47. The van der Waals surface area contributed by atoms with Crippen molar-refractivity contribution in [2.75, 3.05) is 5.73 Å². The van der Waals surface area contributed by atoms with E-state index in [2.05, 4.69) is 26.1 Å². The number of aromatic nitrogens is 6. The molecule has 0 fully saturated rings. The van der Waals surface area contributed by atoms with E-state index >= 15 is 0 Å². The van der Waals surface area contributed by atoms with Crippen molar-refractivity contribution < 1.29 is 9.13 Å². The molecule has 1 aromatic carbocycles. The third-order valence-electron chi connectivity index (χ3n) is 5.47. The van der Waals surface area contributed by atoms with Gasteiger partial charge in [-0.1, -0.05) is 13.8 Å². The van der Waals surface area contributed by atoms with Crippen molar-refractivity contribution in [3.8, 4) is 34.6 Å². The quantitative estimate of drug-likeness (QED) is 0.410. The summed E-state index contributed by atoms with van der Waals surface area (Å²) in [5.41, 5.74) is 7.99. The SMILES string of the molecule is CC.CC1Oc2nc(cnc2N)-c2c(nn(C)c2C#N)Cn2c(nccc2=O)-c2ccc(F)cc21. The van der Waals surface area contributed by atoms with Gasteiger partial charge in [0.2, 0.25) is 0 Å². The first-order valence-electron chi connectivity index (χ1n) is 11.0. The summed E-state index contributed by atoms with van der Waals surface area (Å²) in [7, 11) is 1.62. The number of anilines is 1. The molecule has 1 atom stereocenters. The van der Waals surface area contributed by atoms with Crippen molar-refractivity contribution in [3.05, 3.63) is 69.8 Å². The summed E-state index contributed by atoms with van der Waals surface area (Å²) in [6.45, 7) is 5.71. The average Bonchev–Trinajstić information content (AvgIpc) is 3.17. The number of hydrogen-bond acceptors (Lipinski definition) is 8. The molecule has 1 aliphatic heterocycles. The van der Waals surface area contributed by atoms with Crippen LogP contribution in [0.1, 0.15) is 43.8 Å². The van der Waals surface area contributed by atoms with Gasteiger partial charge in [-0.15, -0.1) is 0 Å². The van der Waals surface area contributed by atoms with Gasteiger partial charge in [-0.2, -0.15) is 10.4 Å². The number of nitrogens with two attached hydrogens (primary N) is 1. The lowest BCUT2D eigenvalue weighted by Crippen LogP contribution is -2.24. The Bertz CT molecular complexity index is 1520. The van der Waals surface area contributed by atoms with E-state index in [0.29, 0.717) is 33.9 Å². The summed E-state index contributed by atoms with van der Waals surface area (Å²) >= 11 is 0. The highest BCUT2D eigenvalue weighted by molar-refractivity contribution is 5.70. The van der Waals surface area contributed by atoms with E-state index in [0.717, 1.165) is 0 Å². The Kier molecular flexibility index (Phi) is 6.29. The van der Waals surface area contributed by atoms with E-state index in [1.807, 2.05) is 13.8 Å². The lowest BCUT2D eigenvalue weighted by Gasteiger charge is -2.21. The summed E-state index contributed by atoms with van der Waals surface area (Å²) in [5.74, 6) is -0.0850. The Hall–Kier alpha value is -4.59. The van der Waals surface area contributed by atoms with Crippen LogP contribution >= 0.6 is 0 Å². The van der Waals surface area contributed by atoms with E-state index in [1.54, 1.807) is 20.0 Å². The first-order valence-corrected chi connectivity index (χ1v) is 11.0. The van der Waals surface area contributed by atoms with Crippen LogP contribution in [0.25, 0.3) is 22.6 Å². The fourth-order valence-corrected chi connectivity index (χ4v) is 3.93. The number of rotatable bonds is 0. The molecule has 0 spiro atoms. The number of nitriles is 1. The van der Waals surface area contributed by atoms with Gasteiger partial charge in [-0.25, -0.2) is 19.3 Å². The molecule has 35 heavy (non-hydrogen) atoms. The molecule has 0 amide bonds. The number of fused-ring (bicyclic) bond motifs is 7. The number of nitrogens with zero attached hydrogens (tertiary/aromatic N) is 7. The highest BCUT2D eigenvalue weighted by atomic mass is 19.1. The van der Waals surface area contributed by atoms with Crippen LogP contribution in [0.15, 0.2) is 41.5 Å². The molecule has 3 aromatic heterocycles. The van der Waals surface area contributed by atoms with Gasteiger partial charge in [-0.05, 0) is 25.1 Å². The lowest BCUT2D eigenvalue weighted by molar-refractivity contribution is 0.218. The molecule has 2 bridgehead atoms. The maximum Gasteiger partial charge on any atom is 0.258 e. The first-order chi connectivity index (χ1) is 16.9. The standard InChI is InChI=1S/C22H17FN8O2.C2H6/c1-11-14-7-12(23)3-4-13(14)21-26-6-5-18(32)31(21)10-16-19(17(8-24)30(2)29-16)15-9-27-20(25)22(28-15)33-11;1-2/h3-7,9,11H,10H2,1-2H3,(H2,25,27);1-2H3. The van der Waals surface area contributed by atoms with E-state index < -0.39 is 11.9 Å². The van der Waals surface area contributed by atoms with Crippen LogP contribution in [-0.4, -0.2) is 29.3 Å². The number of benzene rings is 1. The third kappa shape index (κ3) is 4.10. The highest BCUT2D eigenvalue weighted by Gasteiger charge is 2.26. The zero-order valence-electron chi connectivity index (χ0n) is 19.7. The lowest BCUT2D eigenvalue weighted by atomic mass is 10.0. The average molecular weight is 475 g/mol. The van der Waals surface area contributed by atoms with Crippen molar-refractivity contribution in [2.45, 2.75) is 33.4 Å². The molecular formula is C24H23FN8O2. The van der Waals surface area contributed by atoms with Crippen LogP contribution in [0, 0.1) is 17.1 Å². The molecule has 4 aromatic rings. The Balaban J connectivity index is 0.00000141. The van der Waals surface area contributed by atoms with Crippen LogP contribution in [0.3, 0.4) is 0 Å². The van der Waals surface area contributed by atoms with Crippen LogP contribution in [0.5, 0.6) is 5.88 Å². The zero-order valence-corrected chi connectivity index (χ0v) is 19.7. The Morgan fingerprint density at radius 3 is 2.77 bits per heavy atom. The monoisotopic (exact) mass is 474 g/mol. The van der Waals surface area contributed by atoms with Crippen molar-refractivity contribution in [3.63, 3.8) is 0 Å². The number of aryl methyl sites for hydroxylation is 1. The molecule has 1 unspecified atom stereocenters. The number of ether oxygens (including phenoxy) is 1. The predicted octanol–water partition coefficient (Wildman–Crippen LogP) is 3.22. The van der Waals surface area contributed by atoms with Crippen molar-refractivity contribution >= 4 is 5.82 Å². The van der Waals surface area contributed by atoms with Gasteiger partial charge < -0.3 is 10.5 Å².